The van der Waals surface area contributed by atoms with Crippen LogP contribution < -0.4 is 0 Å². The first-order valence-electron chi connectivity index (χ1n) is 7.93. The molecule has 1 atom stereocenters. The SMILES string of the molecule is Cc1cccc(C(=O)C2CCOC3(CCSCC3)C2)c1C. The summed E-state index contributed by atoms with van der Waals surface area (Å²) in [5.41, 5.74) is 3.25. The second-order valence-corrected chi connectivity index (χ2v) is 7.67. The summed E-state index contributed by atoms with van der Waals surface area (Å²) in [4.78, 5) is 12.9. The molecule has 2 fully saturated rings. The first-order chi connectivity index (χ1) is 10.1. The number of ketones is 1. The van der Waals surface area contributed by atoms with Crippen molar-refractivity contribution in [2.24, 2.45) is 5.92 Å². The molecule has 114 valence electrons. The van der Waals surface area contributed by atoms with Crippen LogP contribution in [0, 0.1) is 19.8 Å². The predicted octanol–water partition coefficient (Wildman–Crippen LogP) is 4.18. The van der Waals surface area contributed by atoms with Gasteiger partial charge in [0.2, 0.25) is 0 Å². The number of hydrogen-bond acceptors (Lipinski definition) is 3. The number of carbonyl (C=O) groups excluding carboxylic acids is 1. The van der Waals surface area contributed by atoms with Crippen molar-refractivity contribution in [3.63, 3.8) is 0 Å². The number of thioether (sulfide) groups is 1. The number of hydrogen-bond donors (Lipinski definition) is 0. The van der Waals surface area contributed by atoms with Crippen LogP contribution in [0.2, 0.25) is 0 Å². The summed E-state index contributed by atoms with van der Waals surface area (Å²) in [6, 6.07) is 6.07. The van der Waals surface area contributed by atoms with E-state index in [-0.39, 0.29) is 11.5 Å². The molecule has 1 aromatic rings. The number of ether oxygens (including phenoxy) is 1. The molecule has 0 saturated carbocycles. The first-order valence-corrected chi connectivity index (χ1v) is 9.09. The highest BCUT2D eigenvalue weighted by molar-refractivity contribution is 7.99. The molecule has 3 heteroatoms. The molecule has 2 nitrogen and oxygen atoms in total. The minimum absolute atomic E-state index is 0.0123. The maximum atomic E-state index is 12.9. The van der Waals surface area contributed by atoms with Crippen molar-refractivity contribution in [1.82, 2.24) is 0 Å². The van der Waals surface area contributed by atoms with Gasteiger partial charge in [-0.05, 0) is 62.2 Å². The van der Waals surface area contributed by atoms with Gasteiger partial charge in [-0.2, -0.15) is 11.8 Å². The molecule has 2 aliphatic rings. The summed E-state index contributed by atoms with van der Waals surface area (Å²) in [6.07, 6.45) is 4.00. The third-order valence-electron chi connectivity index (χ3n) is 5.14. The van der Waals surface area contributed by atoms with Gasteiger partial charge in [0, 0.05) is 18.1 Å². The molecule has 1 spiro atoms. The number of benzene rings is 1. The van der Waals surface area contributed by atoms with E-state index in [0.29, 0.717) is 5.78 Å². The lowest BCUT2D eigenvalue weighted by Gasteiger charge is -2.43. The monoisotopic (exact) mass is 304 g/mol. The van der Waals surface area contributed by atoms with Crippen LogP contribution in [0.25, 0.3) is 0 Å². The molecule has 3 rings (SSSR count). The molecular weight excluding hydrogens is 280 g/mol. The number of aryl methyl sites for hydroxylation is 1. The van der Waals surface area contributed by atoms with Gasteiger partial charge in [-0.3, -0.25) is 4.79 Å². The second-order valence-electron chi connectivity index (χ2n) is 6.45. The zero-order chi connectivity index (χ0) is 14.9. The molecule has 0 aliphatic carbocycles. The van der Waals surface area contributed by atoms with Crippen LogP contribution >= 0.6 is 11.8 Å². The van der Waals surface area contributed by atoms with Crippen molar-refractivity contribution in [2.45, 2.75) is 45.1 Å². The van der Waals surface area contributed by atoms with Crippen LogP contribution in [0.1, 0.15) is 47.2 Å². The van der Waals surface area contributed by atoms with Crippen LogP contribution in [0.3, 0.4) is 0 Å². The fourth-order valence-corrected chi connectivity index (χ4v) is 4.82. The highest BCUT2D eigenvalue weighted by Gasteiger charge is 2.41. The maximum absolute atomic E-state index is 12.9. The van der Waals surface area contributed by atoms with Gasteiger partial charge in [-0.1, -0.05) is 18.2 Å². The van der Waals surface area contributed by atoms with E-state index in [0.717, 1.165) is 43.4 Å². The van der Waals surface area contributed by atoms with Gasteiger partial charge in [0.25, 0.3) is 0 Å². The molecule has 0 aromatic heterocycles. The Morgan fingerprint density at radius 1 is 1.29 bits per heavy atom. The molecule has 0 N–H and O–H groups in total. The second kappa shape index (κ2) is 6.13. The van der Waals surface area contributed by atoms with Crippen molar-refractivity contribution in [2.75, 3.05) is 18.1 Å². The number of carbonyl (C=O) groups is 1. The van der Waals surface area contributed by atoms with Gasteiger partial charge in [-0.15, -0.1) is 0 Å². The van der Waals surface area contributed by atoms with Gasteiger partial charge >= 0.3 is 0 Å². The molecular formula is C18H24O2S. The quantitative estimate of drug-likeness (QED) is 0.767. The summed E-state index contributed by atoms with van der Waals surface area (Å²) >= 11 is 2.01. The van der Waals surface area contributed by atoms with Crippen molar-refractivity contribution in [1.29, 1.82) is 0 Å². The summed E-state index contributed by atoms with van der Waals surface area (Å²) in [5, 5.41) is 0. The Morgan fingerprint density at radius 3 is 2.81 bits per heavy atom. The summed E-state index contributed by atoms with van der Waals surface area (Å²) in [5.74, 6) is 2.81. The van der Waals surface area contributed by atoms with Crippen LogP contribution in [0.4, 0.5) is 0 Å². The average molecular weight is 304 g/mol. The van der Waals surface area contributed by atoms with E-state index < -0.39 is 0 Å². The minimum Gasteiger partial charge on any atom is -0.375 e. The molecule has 2 heterocycles. The highest BCUT2D eigenvalue weighted by atomic mass is 32.2. The van der Waals surface area contributed by atoms with E-state index >= 15 is 0 Å². The van der Waals surface area contributed by atoms with E-state index in [1.165, 1.54) is 17.1 Å². The molecule has 2 saturated heterocycles. The van der Waals surface area contributed by atoms with Crippen LogP contribution in [0.5, 0.6) is 0 Å². The molecule has 0 radical (unpaired) electrons. The first kappa shape index (κ1) is 15.1. The van der Waals surface area contributed by atoms with Crippen LogP contribution in [-0.4, -0.2) is 29.5 Å². The lowest BCUT2D eigenvalue weighted by molar-refractivity contribution is -0.0959. The molecule has 1 aromatic carbocycles. The zero-order valence-electron chi connectivity index (χ0n) is 13.0. The van der Waals surface area contributed by atoms with Crippen molar-refractivity contribution >= 4 is 17.5 Å². The van der Waals surface area contributed by atoms with Crippen molar-refractivity contribution in [3.05, 3.63) is 34.9 Å². The fraction of sp³-hybridized carbons (Fsp3) is 0.611. The molecule has 0 amide bonds. The summed E-state index contributed by atoms with van der Waals surface area (Å²) < 4.78 is 6.11. The Morgan fingerprint density at radius 2 is 2.05 bits per heavy atom. The standard InChI is InChI=1S/C18H24O2S/c1-13-4-3-5-16(14(13)2)17(19)15-6-9-20-18(12-15)7-10-21-11-8-18/h3-5,15H,6-12H2,1-2H3. The van der Waals surface area contributed by atoms with Crippen LogP contribution in [0.15, 0.2) is 18.2 Å². The Kier molecular flexibility index (Phi) is 4.41. The average Bonchev–Trinajstić information content (AvgIpc) is 2.50. The Hall–Kier alpha value is -0.800. The topological polar surface area (TPSA) is 26.3 Å². The lowest BCUT2D eigenvalue weighted by Crippen LogP contribution is -2.44. The highest BCUT2D eigenvalue weighted by Crippen LogP contribution is 2.40. The zero-order valence-corrected chi connectivity index (χ0v) is 13.8. The third-order valence-corrected chi connectivity index (χ3v) is 6.12. The van der Waals surface area contributed by atoms with E-state index in [4.69, 9.17) is 4.74 Å². The number of rotatable bonds is 2. The molecule has 1 unspecified atom stereocenters. The molecule has 21 heavy (non-hydrogen) atoms. The van der Waals surface area contributed by atoms with Gasteiger partial charge in [0.05, 0.1) is 5.60 Å². The van der Waals surface area contributed by atoms with E-state index in [2.05, 4.69) is 19.9 Å². The minimum atomic E-state index is -0.0123. The Labute approximate surface area is 131 Å². The van der Waals surface area contributed by atoms with Crippen molar-refractivity contribution < 1.29 is 9.53 Å². The summed E-state index contributed by atoms with van der Waals surface area (Å²) in [6.45, 7) is 4.89. The molecule has 0 bridgehead atoms. The molecule has 2 aliphatic heterocycles. The third kappa shape index (κ3) is 3.04. The van der Waals surface area contributed by atoms with E-state index in [1.54, 1.807) is 0 Å². The van der Waals surface area contributed by atoms with E-state index in [1.807, 2.05) is 23.9 Å². The summed E-state index contributed by atoms with van der Waals surface area (Å²) in [7, 11) is 0. The lowest BCUT2D eigenvalue weighted by atomic mass is 9.78. The van der Waals surface area contributed by atoms with Crippen LogP contribution in [-0.2, 0) is 4.74 Å². The van der Waals surface area contributed by atoms with Gasteiger partial charge in [-0.25, -0.2) is 0 Å². The smallest absolute Gasteiger partial charge is 0.166 e. The maximum Gasteiger partial charge on any atom is 0.166 e. The van der Waals surface area contributed by atoms with Crippen molar-refractivity contribution in [3.8, 4) is 0 Å². The van der Waals surface area contributed by atoms with Gasteiger partial charge < -0.3 is 4.74 Å². The normalized spacial score (nSPS) is 25.0. The largest absolute Gasteiger partial charge is 0.375 e. The van der Waals surface area contributed by atoms with E-state index in [9.17, 15) is 4.79 Å². The number of Topliss-reactive ketones (excluding diaryl/α,β-unsaturated/α-hetero) is 1. The predicted molar refractivity (Wildman–Crippen MR) is 88.2 cm³/mol. The van der Waals surface area contributed by atoms with Gasteiger partial charge in [0.15, 0.2) is 5.78 Å². The Balaban J connectivity index is 1.79. The fourth-order valence-electron chi connectivity index (χ4n) is 3.58. The Bertz CT molecular complexity index is 527. The van der Waals surface area contributed by atoms with Gasteiger partial charge in [0.1, 0.15) is 0 Å².